The normalized spacial score (nSPS) is 21.8. The Bertz CT molecular complexity index is 889. The Balaban J connectivity index is 1.72. The maximum Gasteiger partial charge on any atom is 0.162 e. The van der Waals surface area contributed by atoms with Gasteiger partial charge in [-0.15, -0.1) is 0 Å². The maximum atomic E-state index is 10.9. The predicted octanol–water partition coefficient (Wildman–Crippen LogP) is 4.39. The Kier molecular flexibility index (Phi) is 5.81. The lowest BCUT2D eigenvalue weighted by molar-refractivity contribution is 0.144. The summed E-state index contributed by atoms with van der Waals surface area (Å²) in [5.41, 5.74) is 2.67. The Morgan fingerprint density at radius 3 is 2.62 bits per heavy atom. The minimum Gasteiger partial charge on any atom is -0.504 e. The molecule has 5 nitrogen and oxygen atoms in total. The van der Waals surface area contributed by atoms with E-state index in [-0.39, 0.29) is 17.5 Å². The number of benzene rings is 2. The van der Waals surface area contributed by atoms with Gasteiger partial charge < -0.3 is 14.7 Å². The fourth-order valence-electron chi connectivity index (χ4n) is 4.25. The first-order valence-electron chi connectivity index (χ1n) is 10.3. The average molecular weight is 414 g/mol. The lowest BCUT2D eigenvalue weighted by Gasteiger charge is -2.44. The molecule has 0 unspecified atom stereocenters. The highest BCUT2D eigenvalue weighted by molar-refractivity contribution is 6.30. The van der Waals surface area contributed by atoms with Crippen LogP contribution in [0.4, 0.5) is 0 Å². The van der Waals surface area contributed by atoms with Crippen molar-refractivity contribution in [3.63, 3.8) is 0 Å². The summed E-state index contributed by atoms with van der Waals surface area (Å²) >= 11 is 6.10. The minimum absolute atomic E-state index is 0.0398. The summed E-state index contributed by atoms with van der Waals surface area (Å²) in [5, 5.41) is 15.4. The first-order chi connectivity index (χ1) is 14.0. The second-order valence-corrected chi connectivity index (χ2v) is 8.36. The zero-order valence-corrected chi connectivity index (χ0v) is 17.7. The van der Waals surface area contributed by atoms with Gasteiger partial charge in [0.15, 0.2) is 11.5 Å². The highest BCUT2D eigenvalue weighted by Crippen LogP contribution is 2.40. The van der Waals surface area contributed by atoms with Gasteiger partial charge in [-0.2, -0.15) is 0 Å². The van der Waals surface area contributed by atoms with Crippen molar-refractivity contribution in [2.75, 3.05) is 26.7 Å². The van der Waals surface area contributed by atoms with Gasteiger partial charge in [0.1, 0.15) is 5.66 Å². The lowest BCUT2D eigenvalue weighted by atomic mass is 9.87. The predicted molar refractivity (Wildman–Crippen MR) is 117 cm³/mol. The van der Waals surface area contributed by atoms with Crippen LogP contribution in [0.2, 0.25) is 5.02 Å². The van der Waals surface area contributed by atoms with E-state index in [4.69, 9.17) is 21.3 Å². The third kappa shape index (κ3) is 4.27. The van der Waals surface area contributed by atoms with Crippen molar-refractivity contribution in [1.82, 2.24) is 10.2 Å². The van der Waals surface area contributed by atoms with Crippen LogP contribution in [-0.4, -0.2) is 48.1 Å². The highest BCUT2D eigenvalue weighted by atomic mass is 35.5. The van der Waals surface area contributed by atoms with Crippen LogP contribution in [-0.2, 0) is 0 Å². The monoisotopic (exact) mass is 413 g/mol. The van der Waals surface area contributed by atoms with Gasteiger partial charge in [-0.1, -0.05) is 35.9 Å². The molecule has 2 aromatic carbocycles. The summed E-state index contributed by atoms with van der Waals surface area (Å²) < 4.78 is 5.61. The van der Waals surface area contributed by atoms with E-state index in [0.717, 1.165) is 47.8 Å². The Labute approximate surface area is 177 Å². The molecule has 1 atom stereocenters. The number of hydrogen-bond donors (Lipinski definition) is 2. The highest BCUT2D eigenvalue weighted by Gasteiger charge is 2.40. The summed E-state index contributed by atoms with van der Waals surface area (Å²) in [6.45, 7) is 4.41. The van der Waals surface area contributed by atoms with E-state index in [1.165, 1.54) is 0 Å². The van der Waals surface area contributed by atoms with E-state index < -0.39 is 0 Å². The SMILES string of the molecule is CCOc1cccc([C@@H]2CC(c3ccc(Cl)cc3)=NC3(CCN(C)CC3)N2)c1O. The van der Waals surface area contributed by atoms with Gasteiger partial charge in [0.2, 0.25) is 0 Å². The van der Waals surface area contributed by atoms with Crippen molar-refractivity contribution in [3.05, 3.63) is 58.6 Å². The first kappa shape index (κ1) is 20.2. The molecular weight excluding hydrogens is 386 g/mol. The van der Waals surface area contributed by atoms with E-state index >= 15 is 0 Å². The van der Waals surface area contributed by atoms with Crippen LogP contribution < -0.4 is 10.1 Å². The van der Waals surface area contributed by atoms with E-state index in [2.05, 4.69) is 17.3 Å². The molecule has 2 aliphatic rings. The van der Waals surface area contributed by atoms with Crippen molar-refractivity contribution in [2.24, 2.45) is 4.99 Å². The first-order valence-corrected chi connectivity index (χ1v) is 10.6. The number of halogens is 1. The smallest absolute Gasteiger partial charge is 0.162 e. The molecular formula is C23H28ClN3O2. The third-order valence-corrected chi connectivity index (χ3v) is 6.14. The van der Waals surface area contributed by atoms with E-state index in [0.29, 0.717) is 18.8 Å². The number of nitrogens with zero attached hydrogens (tertiary/aromatic N) is 2. The quantitative estimate of drug-likeness (QED) is 0.780. The molecule has 0 amide bonds. The number of aromatic hydroxyl groups is 1. The molecule has 1 fully saturated rings. The summed E-state index contributed by atoms with van der Waals surface area (Å²) in [6.07, 6.45) is 2.56. The lowest BCUT2D eigenvalue weighted by Crippen LogP contribution is -2.55. The van der Waals surface area contributed by atoms with Crippen molar-refractivity contribution >= 4 is 17.3 Å². The largest absolute Gasteiger partial charge is 0.504 e. The number of rotatable bonds is 4. The molecule has 2 heterocycles. The Hall–Kier alpha value is -2.08. The van der Waals surface area contributed by atoms with Crippen molar-refractivity contribution in [2.45, 2.75) is 37.9 Å². The number of phenols is 1. The molecule has 1 saturated heterocycles. The average Bonchev–Trinajstić information content (AvgIpc) is 2.72. The van der Waals surface area contributed by atoms with Gasteiger partial charge in [0, 0.05) is 41.8 Å². The second kappa shape index (κ2) is 8.34. The fourth-order valence-corrected chi connectivity index (χ4v) is 4.38. The van der Waals surface area contributed by atoms with Gasteiger partial charge >= 0.3 is 0 Å². The molecule has 29 heavy (non-hydrogen) atoms. The molecule has 1 spiro atoms. The number of ether oxygens (including phenoxy) is 1. The molecule has 0 radical (unpaired) electrons. The molecule has 2 N–H and O–H groups in total. The van der Waals surface area contributed by atoms with Gasteiger partial charge in [-0.05, 0) is 50.6 Å². The molecule has 0 aliphatic carbocycles. The van der Waals surface area contributed by atoms with Crippen molar-refractivity contribution < 1.29 is 9.84 Å². The Morgan fingerprint density at radius 1 is 1.21 bits per heavy atom. The second-order valence-electron chi connectivity index (χ2n) is 7.93. The number of hydrogen-bond acceptors (Lipinski definition) is 5. The van der Waals surface area contributed by atoms with Crippen LogP contribution >= 0.6 is 11.6 Å². The molecule has 2 aromatic rings. The van der Waals surface area contributed by atoms with Crippen LogP contribution in [0.25, 0.3) is 0 Å². The minimum atomic E-state index is -0.321. The van der Waals surface area contributed by atoms with Gasteiger partial charge in [0.25, 0.3) is 0 Å². The summed E-state index contributed by atoms with van der Waals surface area (Å²) in [4.78, 5) is 7.53. The van der Waals surface area contributed by atoms with Crippen LogP contribution in [0.15, 0.2) is 47.5 Å². The molecule has 154 valence electrons. The number of piperidine rings is 1. The summed E-state index contributed by atoms with van der Waals surface area (Å²) in [5.74, 6) is 0.743. The van der Waals surface area contributed by atoms with E-state index in [1.54, 1.807) is 0 Å². The number of phenolic OH excluding ortho intramolecular Hbond substituents is 1. The molecule has 6 heteroatoms. The van der Waals surface area contributed by atoms with Crippen LogP contribution in [0.1, 0.15) is 43.4 Å². The van der Waals surface area contributed by atoms with Crippen molar-refractivity contribution in [3.8, 4) is 11.5 Å². The van der Waals surface area contributed by atoms with Gasteiger partial charge in [-0.3, -0.25) is 10.3 Å². The van der Waals surface area contributed by atoms with Crippen LogP contribution in [0.5, 0.6) is 11.5 Å². The topological polar surface area (TPSA) is 57.1 Å². The molecule has 0 saturated carbocycles. The van der Waals surface area contributed by atoms with E-state index in [1.807, 2.05) is 49.4 Å². The molecule has 0 aromatic heterocycles. The molecule has 4 rings (SSSR count). The number of aliphatic imine (C=N–C) groups is 1. The maximum absolute atomic E-state index is 10.9. The summed E-state index contributed by atoms with van der Waals surface area (Å²) in [7, 11) is 2.15. The number of para-hydroxylation sites is 1. The van der Waals surface area contributed by atoms with Crippen LogP contribution in [0.3, 0.4) is 0 Å². The van der Waals surface area contributed by atoms with Gasteiger partial charge in [0.05, 0.1) is 6.61 Å². The van der Waals surface area contributed by atoms with E-state index in [9.17, 15) is 5.11 Å². The molecule has 0 bridgehead atoms. The zero-order chi connectivity index (χ0) is 20.4. The number of nitrogens with one attached hydrogen (secondary N) is 1. The van der Waals surface area contributed by atoms with Gasteiger partial charge in [-0.25, -0.2) is 0 Å². The van der Waals surface area contributed by atoms with Crippen molar-refractivity contribution in [1.29, 1.82) is 0 Å². The Morgan fingerprint density at radius 2 is 1.93 bits per heavy atom. The molecule has 2 aliphatic heterocycles. The standard InChI is InChI=1S/C23H28ClN3O2/c1-3-29-21-6-4-5-18(22(21)28)20-15-19(16-7-9-17(24)10-8-16)25-23(26-20)11-13-27(2)14-12-23/h4-10,20,26,28H,3,11-15H2,1-2H3/t20-/m0/s1. The fraction of sp³-hybridized carbons (Fsp3) is 0.435. The summed E-state index contributed by atoms with van der Waals surface area (Å²) in [6, 6.07) is 13.6. The number of likely N-dealkylation sites (tertiary alicyclic amines) is 1. The third-order valence-electron chi connectivity index (χ3n) is 5.89. The zero-order valence-electron chi connectivity index (χ0n) is 17.0. The van der Waals surface area contributed by atoms with Crippen LogP contribution in [0, 0.1) is 0 Å².